The quantitative estimate of drug-likeness (QED) is 0.499. The van der Waals surface area contributed by atoms with Gasteiger partial charge < -0.3 is 5.11 Å². The van der Waals surface area contributed by atoms with Gasteiger partial charge in [-0.2, -0.15) is 0 Å². The molecule has 1 atom stereocenters. The van der Waals surface area contributed by atoms with Gasteiger partial charge in [0.15, 0.2) is 0 Å². The van der Waals surface area contributed by atoms with E-state index in [1.54, 1.807) is 0 Å². The van der Waals surface area contributed by atoms with Crippen LogP contribution in [0.25, 0.3) is 0 Å². The molecule has 0 radical (unpaired) electrons. The second-order valence-electron chi connectivity index (χ2n) is 2.63. The second-order valence-corrected chi connectivity index (χ2v) is 2.63. The number of nitrogens with one attached hydrogen (secondary N) is 1. The summed E-state index contributed by atoms with van der Waals surface area (Å²) in [5, 5.41) is 10.8. The van der Waals surface area contributed by atoms with Crippen LogP contribution in [0.5, 0.6) is 0 Å². The summed E-state index contributed by atoms with van der Waals surface area (Å²) in [6, 6.07) is 0. The van der Waals surface area contributed by atoms with Gasteiger partial charge in [0.1, 0.15) is 0 Å². The molecule has 3 nitrogen and oxygen atoms in total. The molecule has 0 aromatic heterocycles. The van der Waals surface area contributed by atoms with Crippen molar-refractivity contribution in [3.05, 3.63) is 0 Å². The van der Waals surface area contributed by atoms with Crippen molar-refractivity contribution in [3.63, 3.8) is 0 Å². The van der Waals surface area contributed by atoms with Crippen molar-refractivity contribution in [3.8, 4) is 0 Å². The van der Waals surface area contributed by atoms with Crippen LogP contribution >= 0.6 is 0 Å². The zero-order valence-corrected chi connectivity index (χ0v) is 5.80. The monoisotopic (exact) mass is 130 g/mol. The molecule has 54 valence electrons. The minimum Gasteiger partial charge on any atom is -0.396 e. The Morgan fingerprint density at radius 2 is 2.56 bits per heavy atom. The Morgan fingerprint density at radius 3 is 3.00 bits per heavy atom. The largest absolute Gasteiger partial charge is 0.396 e. The first-order valence-electron chi connectivity index (χ1n) is 3.38. The molecule has 2 N–H and O–H groups in total. The fourth-order valence-corrected chi connectivity index (χ4v) is 1.15. The van der Waals surface area contributed by atoms with E-state index in [1.807, 2.05) is 12.1 Å². The van der Waals surface area contributed by atoms with Crippen LogP contribution in [0.3, 0.4) is 0 Å². The zero-order chi connectivity index (χ0) is 6.69. The first-order chi connectivity index (χ1) is 4.33. The molecule has 0 bridgehead atoms. The first kappa shape index (κ1) is 6.99. The Kier molecular flexibility index (Phi) is 2.45. The van der Waals surface area contributed by atoms with Crippen LogP contribution in [0.2, 0.25) is 0 Å². The topological polar surface area (TPSA) is 35.5 Å². The van der Waals surface area contributed by atoms with Gasteiger partial charge in [0.2, 0.25) is 0 Å². The zero-order valence-electron chi connectivity index (χ0n) is 5.80. The van der Waals surface area contributed by atoms with E-state index in [0.29, 0.717) is 12.5 Å². The number of hydrogen-bond donors (Lipinski definition) is 2. The van der Waals surface area contributed by atoms with Gasteiger partial charge in [0.05, 0.1) is 0 Å². The predicted octanol–water partition coefficient (Wildman–Crippen LogP) is -0.565. The van der Waals surface area contributed by atoms with Crippen LogP contribution in [-0.2, 0) is 0 Å². The standard InChI is InChI=1S/C6H14N2O/c1-8-4-6(5-9)2-3-7-8/h6-7,9H,2-5H2,1H3. The summed E-state index contributed by atoms with van der Waals surface area (Å²) in [5.74, 6) is 0.483. The average Bonchev–Trinajstić information content (AvgIpc) is 1.88. The number of rotatable bonds is 1. The number of aliphatic hydroxyl groups excluding tert-OH is 1. The summed E-state index contributed by atoms with van der Waals surface area (Å²) in [4.78, 5) is 0. The number of aliphatic hydroxyl groups is 1. The molecule has 0 aromatic rings. The third-order valence-corrected chi connectivity index (χ3v) is 1.72. The van der Waals surface area contributed by atoms with E-state index in [2.05, 4.69) is 5.43 Å². The molecule has 1 aliphatic rings. The fraction of sp³-hybridized carbons (Fsp3) is 1.00. The van der Waals surface area contributed by atoms with Gasteiger partial charge >= 0.3 is 0 Å². The lowest BCUT2D eigenvalue weighted by atomic mass is 10.1. The Bertz CT molecular complexity index is 87.1. The van der Waals surface area contributed by atoms with Crippen LogP contribution in [0, 0.1) is 5.92 Å². The van der Waals surface area contributed by atoms with Crippen molar-refractivity contribution in [1.82, 2.24) is 10.4 Å². The van der Waals surface area contributed by atoms with E-state index in [1.165, 1.54) is 0 Å². The van der Waals surface area contributed by atoms with E-state index in [9.17, 15) is 0 Å². The number of nitrogens with zero attached hydrogens (tertiary/aromatic N) is 1. The molecule has 1 rings (SSSR count). The summed E-state index contributed by atoms with van der Waals surface area (Å²) in [6.07, 6.45) is 1.10. The molecular formula is C6H14N2O. The van der Waals surface area contributed by atoms with Gasteiger partial charge in [-0.1, -0.05) is 0 Å². The van der Waals surface area contributed by atoms with Gasteiger partial charge in [-0.25, -0.2) is 5.01 Å². The maximum atomic E-state index is 8.75. The summed E-state index contributed by atoms with van der Waals surface area (Å²) in [5.41, 5.74) is 3.17. The maximum absolute atomic E-state index is 8.75. The molecule has 9 heavy (non-hydrogen) atoms. The molecule has 0 aliphatic carbocycles. The molecule has 0 aromatic carbocycles. The van der Waals surface area contributed by atoms with E-state index >= 15 is 0 Å². The second kappa shape index (κ2) is 3.15. The average molecular weight is 130 g/mol. The molecule has 0 spiro atoms. The molecule has 0 saturated carbocycles. The van der Waals surface area contributed by atoms with Gasteiger partial charge in [-0.3, -0.25) is 5.43 Å². The van der Waals surface area contributed by atoms with Gasteiger partial charge in [-0.15, -0.1) is 0 Å². The van der Waals surface area contributed by atoms with Crippen LogP contribution in [-0.4, -0.2) is 36.9 Å². The number of hydrogen-bond acceptors (Lipinski definition) is 3. The fourth-order valence-electron chi connectivity index (χ4n) is 1.15. The minimum absolute atomic E-state index is 0.325. The highest BCUT2D eigenvalue weighted by Crippen LogP contribution is 2.05. The Morgan fingerprint density at radius 1 is 1.78 bits per heavy atom. The molecule has 0 amide bonds. The summed E-state index contributed by atoms with van der Waals surface area (Å²) >= 11 is 0. The first-order valence-corrected chi connectivity index (χ1v) is 3.38. The van der Waals surface area contributed by atoms with Crippen LogP contribution < -0.4 is 5.43 Å². The third kappa shape index (κ3) is 1.93. The minimum atomic E-state index is 0.325. The van der Waals surface area contributed by atoms with E-state index < -0.39 is 0 Å². The van der Waals surface area contributed by atoms with Crippen molar-refractivity contribution < 1.29 is 5.11 Å². The van der Waals surface area contributed by atoms with Crippen molar-refractivity contribution in [2.24, 2.45) is 5.92 Å². The maximum Gasteiger partial charge on any atom is 0.0472 e. The Balaban J connectivity index is 2.23. The molecule has 1 saturated heterocycles. The highest BCUT2D eigenvalue weighted by atomic mass is 16.3. The summed E-state index contributed by atoms with van der Waals surface area (Å²) in [7, 11) is 2.00. The molecule has 1 unspecified atom stereocenters. The number of hydrazine groups is 1. The summed E-state index contributed by atoms with van der Waals surface area (Å²) < 4.78 is 0. The van der Waals surface area contributed by atoms with E-state index in [4.69, 9.17) is 5.11 Å². The van der Waals surface area contributed by atoms with Crippen molar-refractivity contribution in [2.75, 3.05) is 26.7 Å². The van der Waals surface area contributed by atoms with Crippen LogP contribution in [0.4, 0.5) is 0 Å². The highest BCUT2D eigenvalue weighted by Gasteiger charge is 2.14. The van der Waals surface area contributed by atoms with Crippen molar-refractivity contribution in [2.45, 2.75) is 6.42 Å². The lowest BCUT2D eigenvalue weighted by molar-refractivity contribution is 0.101. The van der Waals surface area contributed by atoms with Gasteiger partial charge in [-0.05, 0) is 12.3 Å². The third-order valence-electron chi connectivity index (χ3n) is 1.72. The van der Waals surface area contributed by atoms with E-state index in [-0.39, 0.29) is 0 Å². The normalized spacial score (nSPS) is 30.7. The molecule has 3 heteroatoms. The molecule has 1 heterocycles. The van der Waals surface area contributed by atoms with Crippen molar-refractivity contribution >= 4 is 0 Å². The molecule has 1 fully saturated rings. The van der Waals surface area contributed by atoms with Gasteiger partial charge in [0, 0.05) is 26.7 Å². The van der Waals surface area contributed by atoms with Crippen LogP contribution in [0.1, 0.15) is 6.42 Å². The molecule has 1 aliphatic heterocycles. The van der Waals surface area contributed by atoms with Gasteiger partial charge in [0.25, 0.3) is 0 Å². The van der Waals surface area contributed by atoms with Crippen LogP contribution in [0.15, 0.2) is 0 Å². The lowest BCUT2D eigenvalue weighted by Gasteiger charge is -2.29. The summed E-state index contributed by atoms with van der Waals surface area (Å²) in [6.45, 7) is 2.30. The van der Waals surface area contributed by atoms with E-state index in [0.717, 1.165) is 19.5 Å². The Hall–Kier alpha value is -0.120. The SMILES string of the molecule is CN1CC(CO)CCN1. The lowest BCUT2D eigenvalue weighted by Crippen LogP contribution is -2.45. The predicted molar refractivity (Wildman–Crippen MR) is 35.8 cm³/mol. The smallest absolute Gasteiger partial charge is 0.0472 e. The van der Waals surface area contributed by atoms with Crippen molar-refractivity contribution in [1.29, 1.82) is 0 Å². The Labute approximate surface area is 55.6 Å². The molecular weight excluding hydrogens is 116 g/mol. The highest BCUT2D eigenvalue weighted by molar-refractivity contribution is 4.66.